The SMILES string of the molecule is C=C(C)COC(=O)CCC(=O)OCCCCCCCCCCCCCCCCC. The molecule has 0 saturated heterocycles. The first kappa shape index (κ1) is 27.7. The Balaban J connectivity index is 3.24. The second-order valence-corrected chi connectivity index (χ2v) is 8.29. The van der Waals surface area contributed by atoms with Crippen LogP contribution in [0.5, 0.6) is 0 Å². The molecule has 0 N–H and O–H groups in total. The topological polar surface area (TPSA) is 52.6 Å². The third kappa shape index (κ3) is 22.8. The summed E-state index contributed by atoms with van der Waals surface area (Å²) in [5, 5.41) is 0. The zero-order chi connectivity index (χ0) is 21.6. The van der Waals surface area contributed by atoms with Gasteiger partial charge in [0.15, 0.2) is 0 Å². The minimum atomic E-state index is -0.378. The van der Waals surface area contributed by atoms with Gasteiger partial charge in [-0.25, -0.2) is 0 Å². The molecule has 0 saturated carbocycles. The molecule has 0 atom stereocenters. The molecule has 170 valence electrons. The van der Waals surface area contributed by atoms with Crippen LogP contribution in [0.3, 0.4) is 0 Å². The van der Waals surface area contributed by atoms with Gasteiger partial charge in [0.1, 0.15) is 6.61 Å². The molecule has 0 aromatic rings. The molecule has 0 amide bonds. The lowest BCUT2D eigenvalue weighted by Crippen LogP contribution is -2.11. The summed E-state index contributed by atoms with van der Waals surface area (Å²) in [6.07, 6.45) is 19.9. The quantitative estimate of drug-likeness (QED) is 0.113. The predicted octanol–water partition coefficient (Wildman–Crippen LogP) is 7.30. The van der Waals surface area contributed by atoms with E-state index in [9.17, 15) is 9.59 Å². The zero-order valence-electron chi connectivity index (χ0n) is 19.3. The first-order valence-corrected chi connectivity index (χ1v) is 12.0. The fourth-order valence-electron chi connectivity index (χ4n) is 3.21. The van der Waals surface area contributed by atoms with Gasteiger partial charge < -0.3 is 9.47 Å². The lowest BCUT2D eigenvalue weighted by molar-refractivity contribution is -0.149. The maximum absolute atomic E-state index is 11.6. The third-order valence-corrected chi connectivity index (χ3v) is 5.02. The van der Waals surface area contributed by atoms with Gasteiger partial charge in [0, 0.05) is 0 Å². The Bertz CT molecular complexity index is 417. The maximum Gasteiger partial charge on any atom is 0.306 e. The fraction of sp³-hybridized carbons (Fsp3) is 0.840. The number of esters is 2. The molecule has 0 aromatic carbocycles. The van der Waals surface area contributed by atoms with E-state index in [0.29, 0.717) is 6.61 Å². The average molecular weight is 411 g/mol. The summed E-state index contributed by atoms with van der Waals surface area (Å²) < 4.78 is 10.1. The maximum atomic E-state index is 11.6. The van der Waals surface area contributed by atoms with Crippen LogP contribution in [-0.4, -0.2) is 25.2 Å². The molecule has 0 spiro atoms. The van der Waals surface area contributed by atoms with Crippen LogP contribution in [0.15, 0.2) is 12.2 Å². The van der Waals surface area contributed by atoms with Crippen LogP contribution in [-0.2, 0) is 19.1 Å². The first-order valence-electron chi connectivity index (χ1n) is 12.0. The van der Waals surface area contributed by atoms with Gasteiger partial charge in [-0.15, -0.1) is 0 Å². The van der Waals surface area contributed by atoms with Crippen molar-refractivity contribution in [3.63, 3.8) is 0 Å². The van der Waals surface area contributed by atoms with Crippen LogP contribution in [0.4, 0.5) is 0 Å². The Morgan fingerprint density at radius 1 is 0.621 bits per heavy atom. The Hall–Kier alpha value is -1.32. The molecule has 0 bridgehead atoms. The van der Waals surface area contributed by atoms with Crippen LogP contribution < -0.4 is 0 Å². The van der Waals surface area contributed by atoms with Crippen molar-refractivity contribution in [2.75, 3.05) is 13.2 Å². The van der Waals surface area contributed by atoms with Gasteiger partial charge in [0.05, 0.1) is 19.4 Å². The fourth-order valence-corrected chi connectivity index (χ4v) is 3.21. The number of carbonyl (C=O) groups excluding carboxylic acids is 2. The molecule has 0 aliphatic heterocycles. The van der Waals surface area contributed by atoms with Crippen molar-refractivity contribution in [2.24, 2.45) is 0 Å². The summed E-state index contributed by atoms with van der Waals surface area (Å²) in [4.78, 5) is 23.0. The highest BCUT2D eigenvalue weighted by Crippen LogP contribution is 2.13. The van der Waals surface area contributed by atoms with Crippen LogP contribution >= 0.6 is 0 Å². The van der Waals surface area contributed by atoms with Crippen molar-refractivity contribution >= 4 is 11.9 Å². The Labute approximate surface area is 179 Å². The molecule has 0 aromatic heterocycles. The minimum absolute atomic E-state index is 0.0744. The third-order valence-electron chi connectivity index (χ3n) is 5.02. The monoisotopic (exact) mass is 410 g/mol. The molecule has 29 heavy (non-hydrogen) atoms. The second kappa shape index (κ2) is 21.4. The second-order valence-electron chi connectivity index (χ2n) is 8.29. The van der Waals surface area contributed by atoms with E-state index < -0.39 is 0 Å². The summed E-state index contributed by atoms with van der Waals surface area (Å²) in [6.45, 7) is 8.39. The number of hydrogen-bond donors (Lipinski definition) is 0. The molecule has 0 rings (SSSR count). The molecular weight excluding hydrogens is 364 g/mol. The Morgan fingerprint density at radius 2 is 1.00 bits per heavy atom. The summed E-state index contributed by atoms with van der Waals surface area (Å²) in [5.41, 5.74) is 0.786. The van der Waals surface area contributed by atoms with Gasteiger partial charge in [-0.1, -0.05) is 103 Å². The highest BCUT2D eigenvalue weighted by Gasteiger charge is 2.09. The lowest BCUT2D eigenvalue weighted by Gasteiger charge is -2.06. The molecule has 0 unspecified atom stereocenters. The van der Waals surface area contributed by atoms with Gasteiger partial charge in [-0.2, -0.15) is 0 Å². The van der Waals surface area contributed by atoms with Crippen LogP contribution in [0.25, 0.3) is 0 Å². The molecule has 0 heterocycles. The van der Waals surface area contributed by atoms with E-state index in [2.05, 4.69) is 13.5 Å². The largest absolute Gasteiger partial charge is 0.466 e. The number of carbonyl (C=O) groups is 2. The van der Waals surface area contributed by atoms with E-state index in [1.54, 1.807) is 6.92 Å². The highest BCUT2D eigenvalue weighted by molar-refractivity contribution is 5.77. The van der Waals surface area contributed by atoms with E-state index in [1.165, 1.54) is 83.5 Å². The normalized spacial score (nSPS) is 10.7. The van der Waals surface area contributed by atoms with Gasteiger partial charge in [0.25, 0.3) is 0 Å². The van der Waals surface area contributed by atoms with Crippen molar-refractivity contribution in [3.8, 4) is 0 Å². The zero-order valence-corrected chi connectivity index (χ0v) is 19.3. The highest BCUT2D eigenvalue weighted by atomic mass is 16.5. The van der Waals surface area contributed by atoms with E-state index in [4.69, 9.17) is 9.47 Å². The van der Waals surface area contributed by atoms with Gasteiger partial charge in [-0.05, 0) is 18.9 Å². The predicted molar refractivity (Wildman–Crippen MR) is 121 cm³/mol. The van der Waals surface area contributed by atoms with Crippen molar-refractivity contribution in [1.82, 2.24) is 0 Å². The van der Waals surface area contributed by atoms with Crippen molar-refractivity contribution in [3.05, 3.63) is 12.2 Å². The van der Waals surface area contributed by atoms with E-state index in [1.807, 2.05) is 0 Å². The Morgan fingerprint density at radius 3 is 1.41 bits per heavy atom. The summed E-state index contributed by atoms with van der Waals surface area (Å²) in [6, 6.07) is 0. The summed E-state index contributed by atoms with van der Waals surface area (Å²) in [5.74, 6) is -0.695. The van der Waals surface area contributed by atoms with Crippen molar-refractivity contribution < 1.29 is 19.1 Å². The molecule has 4 nitrogen and oxygen atoms in total. The number of unbranched alkanes of at least 4 members (excludes halogenated alkanes) is 14. The van der Waals surface area contributed by atoms with Crippen LogP contribution in [0.1, 0.15) is 123 Å². The summed E-state index contributed by atoms with van der Waals surface area (Å²) >= 11 is 0. The van der Waals surface area contributed by atoms with Gasteiger partial charge in [0.2, 0.25) is 0 Å². The molecule has 4 heteroatoms. The smallest absolute Gasteiger partial charge is 0.306 e. The molecule has 0 aliphatic rings. The van der Waals surface area contributed by atoms with Crippen molar-refractivity contribution in [1.29, 1.82) is 0 Å². The Kier molecular flexibility index (Phi) is 20.4. The molecular formula is C25H46O4. The number of hydrogen-bond acceptors (Lipinski definition) is 4. The molecule has 0 radical (unpaired) electrons. The molecule has 0 aliphatic carbocycles. The number of ether oxygens (including phenoxy) is 2. The summed E-state index contributed by atoms with van der Waals surface area (Å²) in [7, 11) is 0. The minimum Gasteiger partial charge on any atom is -0.466 e. The van der Waals surface area contributed by atoms with E-state index in [-0.39, 0.29) is 31.4 Å². The van der Waals surface area contributed by atoms with Crippen LogP contribution in [0, 0.1) is 0 Å². The first-order chi connectivity index (χ1) is 14.1. The van der Waals surface area contributed by atoms with Crippen LogP contribution in [0.2, 0.25) is 0 Å². The van der Waals surface area contributed by atoms with Gasteiger partial charge in [-0.3, -0.25) is 9.59 Å². The lowest BCUT2D eigenvalue weighted by atomic mass is 10.0. The number of rotatable bonds is 21. The van der Waals surface area contributed by atoms with E-state index in [0.717, 1.165) is 18.4 Å². The van der Waals surface area contributed by atoms with E-state index >= 15 is 0 Å². The van der Waals surface area contributed by atoms with Crippen molar-refractivity contribution in [2.45, 2.75) is 123 Å². The van der Waals surface area contributed by atoms with Gasteiger partial charge >= 0.3 is 11.9 Å². The standard InChI is InChI=1S/C25H46O4/c1-4-5-6-7-8-9-10-11-12-13-14-15-16-17-18-21-28-24(26)19-20-25(27)29-22-23(2)3/h2,4-22H2,1,3H3. The molecule has 0 fully saturated rings. The average Bonchev–Trinajstić information content (AvgIpc) is 2.70.